The molecule has 1 saturated heterocycles. The van der Waals surface area contributed by atoms with Crippen molar-refractivity contribution in [3.05, 3.63) is 6.20 Å². The SMILES string of the molecule is CC1CN(c2ncc(N)s2)CC(C)S1. The van der Waals surface area contributed by atoms with Crippen LogP contribution in [0.15, 0.2) is 6.20 Å². The highest BCUT2D eigenvalue weighted by Gasteiger charge is 2.23. The van der Waals surface area contributed by atoms with E-state index in [9.17, 15) is 0 Å². The molecule has 2 rings (SSSR count). The molecule has 0 spiro atoms. The highest BCUT2D eigenvalue weighted by molar-refractivity contribution is 8.00. The number of nitrogens with zero attached hydrogens (tertiary/aromatic N) is 2. The molecule has 3 nitrogen and oxygen atoms in total. The van der Waals surface area contributed by atoms with E-state index in [1.54, 1.807) is 17.5 Å². The number of nitrogens with two attached hydrogens (primary N) is 1. The fraction of sp³-hybridized carbons (Fsp3) is 0.667. The third kappa shape index (κ3) is 2.15. The van der Waals surface area contributed by atoms with Crippen LogP contribution in [0, 0.1) is 0 Å². The van der Waals surface area contributed by atoms with Crippen molar-refractivity contribution in [3.8, 4) is 0 Å². The first-order valence-corrected chi connectivity index (χ1v) is 6.53. The monoisotopic (exact) mass is 229 g/mol. The van der Waals surface area contributed by atoms with Crippen LogP contribution < -0.4 is 10.6 Å². The standard InChI is InChI=1S/C9H15N3S2/c1-6-4-12(5-7(2)13-6)9-11-3-8(10)14-9/h3,6-7H,4-5,10H2,1-2H3. The number of thiazole rings is 1. The molecule has 2 unspecified atom stereocenters. The summed E-state index contributed by atoms with van der Waals surface area (Å²) in [5.41, 5.74) is 5.68. The molecule has 14 heavy (non-hydrogen) atoms. The van der Waals surface area contributed by atoms with E-state index in [-0.39, 0.29) is 0 Å². The molecule has 0 amide bonds. The number of hydrogen-bond acceptors (Lipinski definition) is 5. The van der Waals surface area contributed by atoms with Gasteiger partial charge in [0.15, 0.2) is 5.13 Å². The summed E-state index contributed by atoms with van der Waals surface area (Å²) >= 11 is 3.63. The van der Waals surface area contributed by atoms with Crippen LogP contribution in [-0.4, -0.2) is 28.6 Å². The van der Waals surface area contributed by atoms with E-state index in [1.165, 1.54) is 0 Å². The zero-order valence-corrected chi connectivity index (χ0v) is 10.1. The fourth-order valence-corrected chi connectivity index (χ4v) is 3.78. The Morgan fingerprint density at radius 2 is 2.07 bits per heavy atom. The molecule has 78 valence electrons. The first-order chi connectivity index (χ1) is 6.65. The highest BCUT2D eigenvalue weighted by Crippen LogP contribution is 2.31. The minimum atomic E-state index is 0.684. The molecule has 0 aliphatic carbocycles. The second-order valence-electron chi connectivity index (χ2n) is 3.71. The predicted octanol–water partition coefficient (Wildman–Crippen LogP) is 2.06. The van der Waals surface area contributed by atoms with Crippen LogP contribution >= 0.6 is 23.1 Å². The quantitative estimate of drug-likeness (QED) is 0.800. The van der Waals surface area contributed by atoms with E-state index in [4.69, 9.17) is 5.73 Å². The normalized spacial score (nSPS) is 28.0. The number of thioether (sulfide) groups is 1. The van der Waals surface area contributed by atoms with Crippen LogP contribution in [-0.2, 0) is 0 Å². The van der Waals surface area contributed by atoms with Gasteiger partial charge in [-0.3, -0.25) is 0 Å². The number of aromatic nitrogens is 1. The fourth-order valence-electron chi connectivity index (χ4n) is 1.76. The summed E-state index contributed by atoms with van der Waals surface area (Å²) in [5, 5.41) is 3.24. The largest absolute Gasteiger partial charge is 0.389 e. The summed E-state index contributed by atoms with van der Waals surface area (Å²) in [4.78, 5) is 6.66. The van der Waals surface area contributed by atoms with Gasteiger partial charge >= 0.3 is 0 Å². The molecular formula is C9H15N3S2. The second-order valence-corrected chi connectivity index (χ2v) is 6.63. The van der Waals surface area contributed by atoms with Crippen molar-refractivity contribution < 1.29 is 0 Å². The third-order valence-corrected chi connectivity index (χ3v) is 4.32. The highest BCUT2D eigenvalue weighted by atomic mass is 32.2. The Morgan fingerprint density at radius 1 is 1.43 bits per heavy atom. The van der Waals surface area contributed by atoms with Crippen molar-refractivity contribution in [3.63, 3.8) is 0 Å². The van der Waals surface area contributed by atoms with Gasteiger partial charge in [-0.15, -0.1) is 0 Å². The average molecular weight is 229 g/mol. The summed E-state index contributed by atoms with van der Waals surface area (Å²) in [6.07, 6.45) is 1.75. The van der Waals surface area contributed by atoms with Gasteiger partial charge in [0, 0.05) is 23.6 Å². The van der Waals surface area contributed by atoms with Crippen molar-refractivity contribution in [1.82, 2.24) is 4.98 Å². The van der Waals surface area contributed by atoms with Crippen LogP contribution in [0.5, 0.6) is 0 Å². The summed E-state index contributed by atoms with van der Waals surface area (Å²) < 4.78 is 0. The number of hydrogen-bond donors (Lipinski definition) is 1. The number of anilines is 2. The van der Waals surface area contributed by atoms with E-state index in [1.807, 2.05) is 0 Å². The molecule has 1 aliphatic heterocycles. The average Bonchev–Trinajstić information content (AvgIpc) is 2.50. The number of nitrogen functional groups attached to an aromatic ring is 1. The molecule has 0 bridgehead atoms. The lowest BCUT2D eigenvalue weighted by molar-refractivity contribution is 0.726. The number of rotatable bonds is 1. The van der Waals surface area contributed by atoms with E-state index in [0.29, 0.717) is 10.5 Å². The predicted molar refractivity (Wildman–Crippen MR) is 65.3 cm³/mol. The van der Waals surface area contributed by atoms with Gasteiger partial charge in [-0.1, -0.05) is 25.2 Å². The van der Waals surface area contributed by atoms with Crippen molar-refractivity contribution >= 4 is 33.2 Å². The van der Waals surface area contributed by atoms with E-state index < -0.39 is 0 Å². The lowest BCUT2D eigenvalue weighted by atomic mass is 10.3. The van der Waals surface area contributed by atoms with Gasteiger partial charge in [0.2, 0.25) is 0 Å². The molecule has 1 aliphatic rings. The Morgan fingerprint density at radius 3 is 2.57 bits per heavy atom. The maximum atomic E-state index is 5.68. The van der Waals surface area contributed by atoms with Crippen LogP contribution in [0.1, 0.15) is 13.8 Å². The zero-order valence-electron chi connectivity index (χ0n) is 8.43. The summed E-state index contributed by atoms with van der Waals surface area (Å²) in [6, 6.07) is 0. The first kappa shape index (κ1) is 10.1. The second kappa shape index (κ2) is 3.98. The minimum absolute atomic E-state index is 0.684. The summed E-state index contributed by atoms with van der Waals surface area (Å²) in [6.45, 7) is 6.71. The first-order valence-electron chi connectivity index (χ1n) is 4.77. The van der Waals surface area contributed by atoms with Gasteiger partial charge in [0.25, 0.3) is 0 Å². The summed E-state index contributed by atoms with van der Waals surface area (Å²) in [5.74, 6) is 0. The maximum absolute atomic E-state index is 5.68. The topological polar surface area (TPSA) is 42.2 Å². The van der Waals surface area contributed by atoms with Crippen LogP contribution in [0.2, 0.25) is 0 Å². The maximum Gasteiger partial charge on any atom is 0.187 e. The third-order valence-electron chi connectivity index (χ3n) is 2.20. The smallest absolute Gasteiger partial charge is 0.187 e. The van der Waals surface area contributed by atoms with E-state index >= 15 is 0 Å². The molecular weight excluding hydrogens is 214 g/mol. The Balaban J connectivity index is 2.10. The molecule has 0 aromatic carbocycles. The van der Waals surface area contributed by atoms with Crippen molar-refractivity contribution in [2.24, 2.45) is 0 Å². The Kier molecular flexibility index (Phi) is 2.88. The molecule has 5 heteroatoms. The molecule has 2 heterocycles. The molecule has 2 atom stereocenters. The van der Waals surface area contributed by atoms with E-state index in [0.717, 1.165) is 23.2 Å². The van der Waals surface area contributed by atoms with Gasteiger partial charge in [-0.05, 0) is 0 Å². The van der Waals surface area contributed by atoms with Crippen LogP contribution in [0.25, 0.3) is 0 Å². The summed E-state index contributed by atoms with van der Waals surface area (Å²) in [7, 11) is 0. The Labute approximate surface area is 92.7 Å². The van der Waals surface area contributed by atoms with Gasteiger partial charge in [0.05, 0.1) is 6.20 Å². The lowest BCUT2D eigenvalue weighted by Gasteiger charge is -2.34. The van der Waals surface area contributed by atoms with Gasteiger partial charge in [0.1, 0.15) is 5.00 Å². The van der Waals surface area contributed by atoms with Crippen molar-refractivity contribution in [2.45, 2.75) is 24.3 Å². The zero-order chi connectivity index (χ0) is 10.1. The van der Waals surface area contributed by atoms with Crippen molar-refractivity contribution in [2.75, 3.05) is 23.7 Å². The molecule has 1 aromatic rings. The van der Waals surface area contributed by atoms with Crippen molar-refractivity contribution in [1.29, 1.82) is 0 Å². The van der Waals surface area contributed by atoms with Gasteiger partial charge in [-0.25, -0.2) is 4.98 Å². The van der Waals surface area contributed by atoms with Gasteiger partial charge in [-0.2, -0.15) is 11.8 Å². The minimum Gasteiger partial charge on any atom is -0.389 e. The molecule has 1 fully saturated rings. The van der Waals surface area contributed by atoms with Gasteiger partial charge < -0.3 is 10.6 Å². The molecule has 2 N–H and O–H groups in total. The molecule has 0 radical (unpaired) electrons. The molecule has 0 saturated carbocycles. The molecule has 1 aromatic heterocycles. The van der Waals surface area contributed by atoms with Crippen LogP contribution in [0.3, 0.4) is 0 Å². The Bertz CT molecular complexity index is 303. The van der Waals surface area contributed by atoms with E-state index in [2.05, 4.69) is 35.5 Å². The lowest BCUT2D eigenvalue weighted by Crippen LogP contribution is -2.40. The van der Waals surface area contributed by atoms with Crippen LogP contribution in [0.4, 0.5) is 10.1 Å². The Hall–Kier alpha value is -0.420.